The fraction of sp³-hybridized carbons (Fsp3) is 0.619. The number of rotatable bonds is 3. The summed E-state index contributed by atoms with van der Waals surface area (Å²) in [4.78, 5) is 26.2. The molecular weight excluding hydrogens is 433 g/mol. The maximum Gasteiger partial charge on any atom is 0.490 e. The molecule has 0 aliphatic carbocycles. The molecule has 11 heteroatoms. The van der Waals surface area contributed by atoms with Gasteiger partial charge >= 0.3 is 12.1 Å². The van der Waals surface area contributed by atoms with Gasteiger partial charge in [-0.05, 0) is 50.9 Å². The molecule has 3 aliphatic heterocycles. The van der Waals surface area contributed by atoms with Gasteiger partial charge in [-0.2, -0.15) is 13.2 Å². The van der Waals surface area contributed by atoms with Crippen molar-refractivity contribution in [2.24, 2.45) is 0 Å². The zero-order valence-electron chi connectivity index (χ0n) is 18.0. The summed E-state index contributed by atoms with van der Waals surface area (Å²) in [5.41, 5.74) is 0.909. The lowest BCUT2D eigenvalue weighted by Gasteiger charge is -2.45. The lowest BCUT2D eigenvalue weighted by atomic mass is 9.85. The van der Waals surface area contributed by atoms with Crippen molar-refractivity contribution in [2.45, 2.75) is 43.4 Å². The molecule has 2 saturated heterocycles. The van der Waals surface area contributed by atoms with Crippen molar-refractivity contribution in [3.63, 3.8) is 0 Å². The van der Waals surface area contributed by atoms with Crippen LogP contribution in [0.15, 0.2) is 18.2 Å². The monoisotopic (exact) mass is 460 g/mol. The van der Waals surface area contributed by atoms with Crippen LogP contribution in [0, 0.1) is 0 Å². The molecule has 32 heavy (non-hydrogen) atoms. The molecule has 0 radical (unpaired) electrons. The van der Waals surface area contributed by atoms with Crippen LogP contribution in [0.3, 0.4) is 0 Å². The van der Waals surface area contributed by atoms with Crippen LogP contribution in [-0.4, -0.2) is 85.2 Å². The molecule has 1 aromatic carbocycles. The second-order valence-electron chi connectivity index (χ2n) is 8.15. The number of hydrogen-bond acceptors (Lipinski definition) is 6. The highest BCUT2D eigenvalue weighted by Gasteiger charge is 2.46. The smallest absolute Gasteiger partial charge is 0.475 e. The van der Waals surface area contributed by atoms with Crippen LogP contribution >= 0.6 is 0 Å². The molecule has 1 unspecified atom stereocenters. The van der Waals surface area contributed by atoms with Crippen molar-refractivity contribution in [3.8, 4) is 11.5 Å². The minimum atomic E-state index is -5.08. The molecule has 8 nitrogen and oxygen atoms in total. The summed E-state index contributed by atoms with van der Waals surface area (Å²) >= 11 is 0. The van der Waals surface area contributed by atoms with E-state index in [1.54, 1.807) is 13.2 Å². The molecule has 3 aliphatic rings. The molecule has 3 heterocycles. The Morgan fingerprint density at radius 1 is 1.19 bits per heavy atom. The van der Waals surface area contributed by atoms with Crippen LogP contribution in [0.4, 0.5) is 13.2 Å². The number of likely N-dealkylation sites (tertiary alicyclic amines) is 2. The zero-order chi connectivity index (χ0) is 23.5. The first-order valence-corrected chi connectivity index (χ1v) is 10.3. The highest BCUT2D eigenvalue weighted by molar-refractivity contribution is 5.95. The van der Waals surface area contributed by atoms with Crippen molar-refractivity contribution in [1.82, 2.24) is 9.80 Å². The summed E-state index contributed by atoms with van der Waals surface area (Å²) in [7, 11) is 3.98. The number of aliphatic carboxylic acids is 1. The van der Waals surface area contributed by atoms with Gasteiger partial charge in [0.2, 0.25) is 6.79 Å². The lowest BCUT2D eigenvalue weighted by Crippen LogP contribution is -2.54. The van der Waals surface area contributed by atoms with E-state index in [9.17, 15) is 18.0 Å². The third-order valence-electron chi connectivity index (χ3n) is 6.44. The number of carbonyl (C=O) groups excluding carboxylic acids is 1. The maximum absolute atomic E-state index is 12.8. The summed E-state index contributed by atoms with van der Waals surface area (Å²) < 4.78 is 47.8. The molecular formula is C21H27F3N2O6. The third-order valence-corrected chi connectivity index (χ3v) is 6.44. The van der Waals surface area contributed by atoms with Gasteiger partial charge in [0.25, 0.3) is 5.91 Å². The molecule has 0 aromatic heterocycles. The molecule has 1 aromatic rings. The minimum Gasteiger partial charge on any atom is -0.475 e. The first-order valence-electron chi connectivity index (χ1n) is 10.3. The highest BCUT2D eigenvalue weighted by Crippen LogP contribution is 2.41. The van der Waals surface area contributed by atoms with Gasteiger partial charge < -0.3 is 24.2 Å². The Kier molecular flexibility index (Phi) is 7.19. The Hall–Kier alpha value is -2.53. The van der Waals surface area contributed by atoms with Gasteiger partial charge in [0.05, 0.1) is 6.61 Å². The zero-order valence-corrected chi connectivity index (χ0v) is 18.0. The number of fused-ring (bicyclic) bond motifs is 1. The summed E-state index contributed by atoms with van der Waals surface area (Å²) in [5, 5.41) is 7.12. The molecule has 2 fully saturated rings. The largest absolute Gasteiger partial charge is 0.490 e. The van der Waals surface area contributed by atoms with Crippen molar-refractivity contribution in [2.75, 3.05) is 40.6 Å². The van der Waals surface area contributed by atoms with E-state index in [0.717, 1.165) is 32.5 Å². The van der Waals surface area contributed by atoms with E-state index in [2.05, 4.69) is 11.9 Å². The van der Waals surface area contributed by atoms with Gasteiger partial charge in [-0.25, -0.2) is 4.79 Å². The van der Waals surface area contributed by atoms with E-state index >= 15 is 0 Å². The molecule has 1 amide bonds. The van der Waals surface area contributed by atoms with Crippen LogP contribution in [0.5, 0.6) is 11.5 Å². The molecule has 0 bridgehead atoms. The van der Waals surface area contributed by atoms with Crippen LogP contribution in [0.25, 0.3) is 0 Å². The maximum atomic E-state index is 12.8. The summed E-state index contributed by atoms with van der Waals surface area (Å²) in [5.74, 6) is -1.29. The summed E-state index contributed by atoms with van der Waals surface area (Å²) in [6, 6.07) is 5.95. The van der Waals surface area contributed by atoms with Gasteiger partial charge in [0.1, 0.15) is 0 Å². The number of amides is 1. The second-order valence-corrected chi connectivity index (χ2v) is 8.15. The Bertz CT molecular complexity index is 839. The van der Waals surface area contributed by atoms with Gasteiger partial charge in [0, 0.05) is 37.3 Å². The number of halogens is 3. The van der Waals surface area contributed by atoms with Gasteiger partial charge in [-0.15, -0.1) is 0 Å². The average Bonchev–Trinajstić information content (AvgIpc) is 3.34. The van der Waals surface area contributed by atoms with Gasteiger partial charge in [-0.1, -0.05) is 0 Å². The number of carboxylic acid groups (broad SMARTS) is 1. The molecule has 1 atom stereocenters. The Morgan fingerprint density at radius 3 is 2.41 bits per heavy atom. The molecule has 178 valence electrons. The molecule has 0 saturated carbocycles. The van der Waals surface area contributed by atoms with E-state index in [1.165, 1.54) is 12.8 Å². The second kappa shape index (κ2) is 9.53. The number of ether oxygens (including phenoxy) is 3. The first kappa shape index (κ1) is 24.1. The Labute approximate surface area is 183 Å². The SMILES string of the molecule is COCC1CCC2(CCN(C(=O)c3ccc4c(c3)OCO4)CC2)N1C.O=C(O)C(F)(F)F. The quantitative estimate of drug-likeness (QED) is 0.742. The van der Waals surface area contributed by atoms with Gasteiger partial charge in [-0.3, -0.25) is 9.69 Å². The minimum absolute atomic E-state index is 0.0854. The van der Waals surface area contributed by atoms with Crippen molar-refractivity contribution in [3.05, 3.63) is 23.8 Å². The van der Waals surface area contributed by atoms with Crippen molar-refractivity contribution < 1.29 is 42.1 Å². The number of carboxylic acids is 1. The third kappa shape index (κ3) is 5.09. The Balaban J connectivity index is 0.000000360. The van der Waals surface area contributed by atoms with E-state index in [4.69, 9.17) is 24.1 Å². The van der Waals surface area contributed by atoms with Crippen LogP contribution in [0.2, 0.25) is 0 Å². The van der Waals surface area contributed by atoms with Crippen LogP contribution in [-0.2, 0) is 9.53 Å². The van der Waals surface area contributed by atoms with Crippen molar-refractivity contribution >= 4 is 11.9 Å². The topological polar surface area (TPSA) is 88.5 Å². The number of alkyl halides is 3. The van der Waals surface area contributed by atoms with Gasteiger partial charge in [0.15, 0.2) is 11.5 Å². The standard InChI is InChI=1S/C19H26N2O4.C2HF3O2/c1-20-15(12-23-2)5-6-19(20)7-9-21(10-8-19)18(22)14-3-4-16-17(11-14)25-13-24-16;3-2(4,5)1(6)7/h3-4,11,15H,5-10,12-13H2,1-2H3;(H,6,7). The number of methoxy groups -OCH3 is 1. The predicted molar refractivity (Wildman–Crippen MR) is 107 cm³/mol. The average molecular weight is 460 g/mol. The van der Waals surface area contributed by atoms with E-state index in [1.807, 2.05) is 17.0 Å². The first-order chi connectivity index (χ1) is 15.1. The number of carbonyl (C=O) groups is 2. The van der Waals surface area contributed by atoms with Crippen LogP contribution < -0.4 is 9.47 Å². The normalized spacial score (nSPS) is 21.9. The highest BCUT2D eigenvalue weighted by atomic mass is 19.4. The molecule has 4 rings (SSSR count). The van der Waals surface area contributed by atoms with Crippen molar-refractivity contribution in [1.29, 1.82) is 0 Å². The Morgan fingerprint density at radius 2 is 1.81 bits per heavy atom. The van der Waals surface area contributed by atoms with E-state index in [-0.39, 0.29) is 18.2 Å². The summed E-state index contributed by atoms with van der Waals surface area (Å²) in [6.07, 6.45) is -0.649. The number of piperidine rings is 1. The van der Waals surface area contributed by atoms with E-state index < -0.39 is 12.1 Å². The fourth-order valence-corrected chi connectivity index (χ4v) is 4.52. The number of nitrogens with zero attached hydrogens (tertiary/aromatic N) is 2. The lowest BCUT2D eigenvalue weighted by molar-refractivity contribution is -0.192. The van der Waals surface area contributed by atoms with Crippen LogP contribution in [0.1, 0.15) is 36.0 Å². The van der Waals surface area contributed by atoms with E-state index in [0.29, 0.717) is 23.1 Å². The molecule has 1 spiro atoms. The predicted octanol–water partition coefficient (Wildman–Crippen LogP) is 2.76. The number of hydrogen-bond donors (Lipinski definition) is 1. The molecule has 1 N–H and O–H groups in total. The summed E-state index contributed by atoms with van der Waals surface area (Å²) in [6.45, 7) is 2.63. The number of benzene rings is 1. The number of likely N-dealkylation sites (N-methyl/N-ethyl adjacent to an activating group) is 1. The fourth-order valence-electron chi connectivity index (χ4n) is 4.52.